The van der Waals surface area contributed by atoms with Gasteiger partial charge in [-0.15, -0.1) is 0 Å². The number of H-pyrrole nitrogens is 1. The molecule has 6 heteroatoms. The molecule has 0 atom stereocenters. The van der Waals surface area contributed by atoms with Gasteiger partial charge in [0.1, 0.15) is 10.0 Å². The Morgan fingerprint density at radius 3 is 2.88 bits per heavy atom. The Balaban J connectivity index is 2.34. The molecule has 2 aromatic rings. The summed E-state index contributed by atoms with van der Waals surface area (Å²) in [7, 11) is 0. The second-order valence-corrected chi connectivity index (χ2v) is 4.79. The van der Waals surface area contributed by atoms with Crippen molar-refractivity contribution in [3.05, 3.63) is 51.0 Å². The van der Waals surface area contributed by atoms with Crippen LogP contribution in [0.25, 0.3) is 0 Å². The van der Waals surface area contributed by atoms with E-state index < -0.39 is 0 Å². The molecule has 2 rings (SSSR count). The number of nitrogens with zero attached hydrogens (tertiary/aromatic N) is 1. The minimum Gasteiger partial charge on any atom is -0.312 e. The number of hydrogen-bond acceptors (Lipinski definition) is 3. The molecule has 0 spiro atoms. The molecule has 0 bridgehead atoms. The van der Waals surface area contributed by atoms with Gasteiger partial charge in [-0.2, -0.15) is 0 Å². The molecule has 0 aliphatic rings. The van der Waals surface area contributed by atoms with Gasteiger partial charge < -0.3 is 4.98 Å². The topological polar surface area (TPSA) is 45.8 Å². The molecule has 1 heterocycles. The number of nitrogens with one attached hydrogen (secondary N) is 1. The second kappa shape index (κ2) is 4.91. The van der Waals surface area contributed by atoms with Crippen LogP contribution in [-0.4, -0.2) is 9.97 Å². The summed E-state index contributed by atoms with van der Waals surface area (Å²) >= 11 is 13.0. The van der Waals surface area contributed by atoms with Crippen LogP contribution in [0.2, 0.25) is 10.0 Å². The highest BCUT2D eigenvalue weighted by molar-refractivity contribution is 7.99. The zero-order chi connectivity index (χ0) is 11.5. The van der Waals surface area contributed by atoms with Crippen LogP contribution in [0, 0.1) is 0 Å². The Hall–Kier alpha value is -0.970. The predicted molar refractivity (Wildman–Crippen MR) is 65.4 cm³/mol. The van der Waals surface area contributed by atoms with Gasteiger partial charge in [0, 0.05) is 9.92 Å². The van der Waals surface area contributed by atoms with E-state index in [0.29, 0.717) is 10.0 Å². The molecule has 0 saturated heterocycles. The van der Waals surface area contributed by atoms with Crippen molar-refractivity contribution in [1.82, 2.24) is 9.97 Å². The van der Waals surface area contributed by atoms with E-state index in [1.165, 1.54) is 18.1 Å². The van der Waals surface area contributed by atoms with E-state index >= 15 is 0 Å². The predicted octanol–water partition coefficient (Wildman–Crippen LogP) is 3.23. The van der Waals surface area contributed by atoms with E-state index in [1.807, 2.05) is 12.1 Å². The van der Waals surface area contributed by atoms with Crippen molar-refractivity contribution in [3.63, 3.8) is 0 Å². The normalized spacial score (nSPS) is 10.4. The number of rotatable bonds is 2. The summed E-state index contributed by atoms with van der Waals surface area (Å²) in [6.45, 7) is 0. The minimum atomic E-state index is -0.346. The first-order chi connectivity index (χ1) is 7.66. The summed E-state index contributed by atoms with van der Waals surface area (Å²) in [6, 6.07) is 7.26. The second-order valence-electron chi connectivity index (χ2n) is 2.91. The van der Waals surface area contributed by atoms with Crippen LogP contribution in [0.5, 0.6) is 0 Å². The zero-order valence-corrected chi connectivity index (χ0v) is 10.2. The van der Waals surface area contributed by atoms with Crippen LogP contribution in [0.15, 0.2) is 45.3 Å². The molecule has 16 heavy (non-hydrogen) atoms. The lowest BCUT2D eigenvalue weighted by atomic mass is 10.4. The summed E-state index contributed by atoms with van der Waals surface area (Å²) in [5, 5.41) is 1.19. The number of aromatic nitrogens is 2. The van der Waals surface area contributed by atoms with Crippen molar-refractivity contribution < 1.29 is 0 Å². The van der Waals surface area contributed by atoms with Crippen molar-refractivity contribution in [1.29, 1.82) is 0 Å². The molecule has 0 aliphatic carbocycles. The van der Waals surface area contributed by atoms with Crippen LogP contribution in [0.3, 0.4) is 0 Å². The first-order valence-corrected chi connectivity index (χ1v) is 5.90. The van der Waals surface area contributed by atoms with E-state index in [9.17, 15) is 4.79 Å². The molecule has 0 fully saturated rings. The van der Waals surface area contributed by atoms with Crippen LogP contribution >= 0.6 is 35.0 Å². The maximum atomic E-state index is 11.2. The lowest BCUT2D eigenvalue weighted by Crippen LogP contribution is -2.07. The van der Waals surface area contributed by atoms with Gasteiger partial charge in [-0.05, 0) is 18.2 Å². The summed E-state index contributed by atoms with van der Waals surface area (Å²) in [4.78, 5) is 18.5. The van der Waals surface area contributed by atoms with Gasteiger partial charge in [-0.1, -0.05) is 41.0 Å². The van der Waals surface area contributed by atoms with Gasteiger partial charge in [0.15, 0.2) is 0 Å². The number of benzene rings is 1. The smallest absolute Gasteiger partial charge is 0.270 e. The highest BCUT2D eigenvalue weighted by atomic mass is 35.5. The lowest BCUT2D eigenvalue weighted by molar-refractivity contribution is 1.01. The van der Waals surface area contributed by atoms with E-state index in [-0.39, 0.29) is 10.6 Å². The molecular formula is C10H6Cl2N2OS. The van der Waals surface area contributed by atoms with Gasteiger partial charge in [-0.3, -0.25) is 4.79 Å². The van der Waals surface area contributed by atoms with Gasteiger partial charge >= 0.3 is 0 Å². The SMILES string of the molecule is O=c1[nH]cnc(Sc2cccc(Cl)c2)c1Cl. The maximum absolute atomic E-state index is 11.2. The first kappa shape index (κ1) is 11.5. The molecule has 0 radical (unpaired) electrons. The summed E-state index contributed by atoms with van der Waals surface area (Å²) in [5.74, 6) is 0. The van der Waals surface area contributed by atoms with E-state index in [4.69, 9.17) is 23.2 Å². The highest BCUT2D eigenvalue weighted by Gasteiger charge is 2.07. The molecule has 0 amide bonds. The van der Waals surface area contributed by atoms with Crippen molar-refractivity contribution in [2.75, 3.05) is 0 Å². The largest absolute Gasteiger partial charge is 0.312 e. The number of halogens is 2. The third-order valence-electron chi connectivity index (χ3n) is 1.78. The molecule has 0 unspecified atom stereocenters. The van der Waals surface area contributed by atoms with Gasteiger partial charge in [0.05, 0.1) is 6.33 Å². The monoisotopic (exact) mass is 272 g/mol. The fraction of sp³-hybridized carbons (Fsp3) is 0. The quantitative estimate of drug-likeness (QED) is 0.854. The van der Waals surface area contributed by atoms with Crippen molar-refractivity contribution in [2.45, 2.75) is 9.92 Å². The van der Waals surface area contributed by atoms with Crippen molar-refractivity contribution in [3.8, 4) is 0 Å². The van der Waals surface area contributed by atoms with Gasteiger partial charge in [0.25, 0.3) is 5.56 Å². The Labute approximate surface area is 106 Å². The average molecular weight is 273 g/mol. The third kappa shape index (κ3) is 2.58. The van der Waals surface area contributed by atoms with Crippen molar-refractivity contribution >= 4 is 35.0 Å². The van der Waals surface area contributed by atoms with Crippen molar-refractivity contribution in [2.24, 2.45) is 0 Å². The van der Waals surface area contributed by atoms with Crippen LogP contribution in [0.1, 0.15) is 0 Å². The highest BCUT2D eigenvalue weighted by Crippen LogP contribution is 2.30. The Kier molecular flexibility index (Phi) is 3.53. The molecule has 1 N–H and O–H groups in total. The number of aromatic amines is 1. The van der Waals surface area contributed by atoms with Crippen LogP contribution < -0.4 is 5.56 Å². The Morgan fingerprint density at radius 2 is 2.12 bits per heavy atom. The molecular weight excluding hydrogens is 267 g/mol. The van der Waals surface area contributed by atoms with Crippen LogP contribution in [-0.2, 0) is 0 Å². The standard InChI is InChI=1S/C10H6Cl2N2OS/c11-6-2-1-3-7(4-6)16-10-8(12)9(15)13-5-14-10/h1-5H,(H,13,14,15). The van der Waals surface area contributed by atoms with E-state index in [1.54, 1.807) is 12.1 Å². The van der Waals surface area contributed by atoms with Gasteiger partial charge in [-0.25, -0.2) is 4.98 Å². The molecule has 0 aliphatic heterocycles. The third-order valence-corrected chi connectivity index (χ3v) is 3.47. The molecule has 3 nitrogen and oxygen atoms in total. The molecule has 1 aromatic carbocycles. The Bertz CT molecular complexity index is 571. The summed E-state index contributed by atoms with van der Waals surface area (Å²) in [5.41, 5.74) is -0.346. The fourth-order valence-electron chi connectivity index (χ4n) is 1.08. The lowest BCUT2D eigenvalue weighted by Gasteiger charge is -2.02. The fourth-order valence-corrected chi connectivity index (χ4v) is 2.40. The van der Waals surface area contributed by atoms with Gasteiger partial charge in [0.2, 0.25) is 0 Å². The summed E-state index contributed by atoms with van der Waals surface area (Å²) in [6.07, 6.45) is 1.32. The molecule has 1 aromatic heterocycles. The number of hydrogen-bond donors (Lipinski definition) is 1. The molecule has 0 saturated carbocycles. The zero-order valence-electron chi connectivity index (χ0n) is 7.91. The average Bonchev–Trinajstić information content (AvgIpc) is 2.25. The molecule has 82 valence electrons. The van der Waals surface area contributed by atoms with Crippen LogP contribution in [0.4, 0.5) is 0 Å². The summed E-state index contributed by atoms with van der Waals surface area (Å²) < 4.78 is 0. The minimum absolute atomic E-state index is 0.0903. The first-order valence-electron chi connectivity index (χ1n) is 4.33. The Morgan fingerprint density at radius 1 is 1.31 bits per heavy atom. The van der Waals surface area contributed by atoms with E-state index in [2.05, 4.69) is 9.97 Å². The maximum Gasteiger partial charge on any atom is 0.270 e. The van der Waals surface area contributed by atoms with E-state index in [0.717, 1.165) is 4.90 Å².